The molecule has 1 fully saturated rings. The summed E-state index contributed by atoms with van der Waals surface area (Å²) in [5, 5.41) is 3.29. The summed E-state index contributed by atoms with van der Waals surface area (Å²) >= 11 is 1.49. The van der Waals surface area contributed by atoms with Crippen molar-refractivity contribution in [2.24, 2.45) is 0 Å². The average Bonchev–Trinajstić information content (AvgIpc) is 2.93. The van der Waals surface area contributed by atoms with Crippen molar-refractivity contribution in [1.29, 1.82) is 0 Å². The lowest BCUT2D eigenvalue weighted by atomic mass is 9.94. The molecule has 200 valence electrons. The number of hydrogen-bond acceptors (Lipinski definition) is 3. The predicted octanol–water partition coefficient (Wildman–Crippen LogP) is 6.46. The number of hydrogen-bond donors (Lipinski definition) is 1. The molecule has 0 spiro atoms. The summed E-state index contributed by atoms with van der Waals surface area (Å²) in [6.07, 6.45) is 5.90. The highest BCUT2D eigenvalue weighted by atomic mass is 32.2. The molecule has 1 atom stereocenters. The fourth-order valence-corrected chi connectivity index (χ4v) is 5.86. The van der Waals surface area contributed by atoms with Crippen LogP contribution >= 0.6 is 11.8 Å². The third kappa shape index (κ3) is 8.19. The van der Waals surface area contributed by atoms with Crippen molar-refractivity contribution in [3.05, 3.63) is 107 Å². The van der Waals surface area contributed by atoms with Gasteiger partial charge in [-0.15, -0.1) is 11.8 Å². The first kappa shape index (κ1) is 27.9. The van der Waals surface area contributed by atoms with Crippen LogP contribution in [0.3, 0.4) is 0 Å². The van der Waals surface area contributed by atoms with E-state index < -0.39 is 6.04 Å². The van der Waals surface area contributed by atoms with Crippen LogP contribution in [0.5, 0.6) is 0 Å². The molecular weight excluding hydrogens is 495 g/mol. The Kier molecular flexibility index (Phi) is 10.4. The van der Waals surface area contributed by atoms with Crippen LogP contribution in [-0.4, -0.2) is 34.6 Å². The zero-order valence-electron chi connectivity index (χ0n) is 22.1. The van der Waals surface area contributed by atoms with Crippen LogP contribution in [0.4, 0.5) is 4.39 Å². The molecule has 1 aliphatic rings. The van der Waals surface area contributed by atoms with Gasteiger partial charge in [0.05, 0.1) is 5.75 Å². The maximum absolute atomic E-state index is 13.8. The van der Waals surface area contributed by atoms with Gasteiger partial charge in [-0.2, -0.15) is 0 Å². The molecule has 0 bridgehead atoms. The molecule has 3 aromatic rings. The van der Waals surface area contributed by atoms with Gasteiger partial charge < -0.3 is 10.2 Å². The first-order valence-corrected chi connectivity index (χ1v) is 14.7. The number of benzene rings is 3. The van der Waals surface area contributed by atoms with E-state index in [1.165, 1.54) is 30.3 Å². The summed E-state index contributed by atoms with van der Waals surface area (Å²) in [4.78, 5) is 29.4. The fraction of sp³-hybridized carbons (Fsp3) is 0.375. The molecule has 0 saturated heterocycles. The molecule has 4 rings (SSSR count). The highest BCUT2D eigenvalue weighted by Gasteiger charge is 2.32. The molecule has 1 aliphatic carbocycles. The lowest BCUT2D eigenvalue weighted by Gasteiger charge is -2.34. The van der Waals surface area contributed by atoms with E-state index in [0.717, 1.165) is 47.9 Å². The first-order valence-electron chi connectivity index (χ1n) is 13.5. The third-order valence-corrected chi connectivity index (χ3v) is 8.22. The van der Waals surface area contributed by atoms with E-state index in [-0.39, 0.29) is 29.4 Å². The highest BCUT2D eigenvalue weighted by Crippen LogP contribution is 2.22. The van der Waals surface area contributed by atoms with E-state index in [9.17, 15) is 14.0 Å². The highest BCUT2D eigenvalue weighted by molar-refractivity contribution is 7.99. The average molecular weight is 533 g/mol. The zero-order chi connectivity index (χ0) is 26.7. The SMILES string of the molecule is Cc1ccccc1CN(C(=O)CSCc1ccc(F)cc1)[C@@H](Cc1ccccc1)C(=O)NC1CCCCC1. The number of amides is 2. The van der Waals surface area contributed by atoms with E-state index in [1.807, 2.05) is 61.5 Å². The molecule has 3 aromatic carbocycles. The van der Waals surface area contributed by atoms with Crippen molar-refractivity contribution < 1.29 is 14.0 Å². The summed E-state index contributed by atoms with van der Waals surface area (Å²) in [5.41, 5.74) is 4.12. The Morgan fingerprint density at radius 2 is 1.61 bits per heavy atom. The van der Waals surface area contributed by atoms with Crippen molar-refractivity contribution in [2.45, 2.75) is 69.8 Å². The van der Waals surface area contributed by atoms with Crippen molar-refractivity contribution in [1.82, 2.24) is 10.2 Å². The molecule has 0 unspecified atom stereocenters. The van der Waals surface area contributed by atoms with Crippen molar-refractivity contribution in [2.75, 3.05) is 5.75 Å². The Balaban J connectivity index is 1.56. The van der Waals surface area contributed by atoms with Crippen LogP contribution in [0.2, 0.25) is 0 Å². The van der Waals surface area contributed by atoms with E-state index in [0.29, 0.717) is 18.7 Å². The van der Waals surface area contributed by atoms with Gasteiger partial charge in [-0.25, -0.2) is 4.39 Å². The maximum atomic E-state index is 13.8. The van der Waals surface area contributed by atoms with Gasteiger partial charge in [0.15, 0.2) is 0 Å². The van der Waals surface area contributed by atoms with Gasteiger partial charge in [-0.05, 0) is 54.2 Å². The van der Waals surface area contributed by atoms with Crippen molar-refractivity contribution in [3.63, 3.8) is 0 Å². The largest absolute Gasteiger partial charge is 0.352 e. The van der Waals surface area contributed by atoms with Crippen LogP contribution in [0.15, 0.2) is 78.9 Å². The second-order valence-corrected chi connectivity index (χ2v) is 11.1. The van der Waals surface area contributed by atoms with Crippen LogP contribution < -0.4 is 5.32 Å². The molecule has 0 radical (unpaired) electrons. The number of thioether (sulfide) groups is 1. The summed E-state index contributed by atoms with van der Waals surface area (Å²) < 4.78 is 13.3. The second-order valence-electron chi connectivity index (χ2n) is 10.1. The van der Waals surface area contributed by atoms with Gasteiger partial charge in [0, 0.05) is 24.8 Å². The molecule has 38 heavy (non-hydrogen) atoms. The summed E-state index contributed by atoms with van der Waals surface area (Å²) in [5.74, 6) is 0.422. The number of nitrogens with one attached hydrogen (secondary N) is 1. The number of carbonyl (C=O) groups is 2. The number of rotatable bonds is 11. The molecule has 0 aromatic heterocycles. The molecule has 1 saturated carbocycles. The van der Waals surface area contributed by atoms with Gasteiger partial charge in [0.25, 0.3) is 0 Å². The monoisotopic (exact) mass is 532 g/mol. The molecule has 4 nitrogen and oxygen atoms in total. The zero-order valence-corrected chi connectivity index (χ0v) is 22.9. The smallest absolute Gasteiger partial charge is 0.243 e. The molecule has 0 aliphatic heterocycles. The maximum Gasteiger partial charge on any atom is 0.243 e. The van der Waals surface area contributed by atoms with Gasteiger partial charge in [-0.1, -0.05) is 86.0 Å². The van der Waals surface area contributed by atoms with Gasteiger partial charge in [-0.3, -0.25) is 9.59 Å². The minimum atomic E-state index is -0.613. The van der Waals surface area contributed by atoms with Gasteiger partial charge >= 0.3 is 0 Å². The van der Waals surface area contributed by atoms with Gasteiger partial charge in [0.2, 0.25) is 11.8 Å². The standard InChI is InChI=1S/C32H37FN2O2S/c1-24-10-8-9-13-27(24)21-35(31(36)23-38-22-26-16-18-28(33)19-17-26)30(20-25-11-4-2-5-12-25)32(37)34-29-14-6-3-7-15-29/h2,4-5,8-13,16-19,29-30H,3,6-7,14-15,20-23H2,1H3,(H,34,37)/t30-/m0/s1. The third-order valence-electron chi connectivity index (χ3n) is 7.23. The fourth-order valence-electron chi connectivity index (χ4n) is 4.99. The number of carbonyl (C=O) groups excluding carboxylic acids is 2. The van der Waals surface area contributed by atoms with Crippen LogP contribution in [0, 0.1) is 12.7 Å². The summed E-state index contributed by atoms with van der Waals surface area (Å²) in [7, 11) is 0. The van der Waals surface area contributed by atoms with E-state index in [2.05, 4.69) is 5.32 Å². The van der Waals surface area contributed by atoms with Crippen LogP contribution in [-0.2, 0) is 28.3 Å². The predicted molar refractivity (Wildman–Crippen MR) is 153 cm³/mol. The van der Waals surface area contributed by atoms with Gasteiger partial charge in [0.1, 0.15) is 11.9 Å². The molecule has 0 heterocycles. The van der Waals surface area contributed by atoms with Crippen molar-refractivity contribution in [3.8, 4) is 0 Å². The van der Waals surface area contributed by atoms with Crippen LogP contribution in [0.1, 0.15) is 54.4 Å². The molecule has 1 N–H and O–H groups in total. The topological polar surface area (TPSA) is 49.4 Å². The van der Waals surface area contributed by atoms with Crippen LogP contribution in [0.25, 0.3) is 0 Å². The quantitative estimate of drug-likeness (QED) is 0.309. The lowest BCUT2D eigenvalue weighted by Crippen LogP contribution is -2.53. The Hall–Kier alpha value is -3.12. The molecule has 6 heteroatoms. The lowest BCUT2D eigenvalue weighted by molar-refractivity contribution is -0.139. The minimum absolute atomic E-state index is 0.0694. The summed E-state index contributed by atoms with van der Waals surface area (Å²) in [6.45, 7) is 2.41. The molecule has 2 amide bonds. The number of halogens is 1. The van der Waals surface area contributed by atoms with E-state index in [1.54, 1.807) is 17.0 Å². The number of aryl methyl sites for hydroxylation is 1. The minimum Gasteiger partial charge on any atom is -0.352 e. The number of nitrogens with zero attached hydrogens (tertiary/aromatic N) is 1. The van der Waals surface area contributed by atoms with Crippen molar-refractivity contribution >= 4 is 23.6 Å². The van der Waals surface area contributed by atoms with E-state index in [4.69, 9.17) is 0 Å². The first-order chi connectivity index (χ1) is 18.5. The Morgan fingerprint density at radius 3 is 2.32 bits per heavy atom. The second kappa shape index (κ2) is 14.1. The Morgan fingerprint density at radius 1 is 0.921 bits per heavy atom. The summed E-state index contributed by atoms with van der Waals surface area (Å²) in [6, 6.07) is 23.9. The normalized spacial score (nSPS) is 14.6. The Bertz CT molecular complexity index is 1180. The Labute approximate surface area is 230 Å². The van der Waals surface area contributed by atoms with E-state index >= 15 is 0 Å². The molecular formula is C32H37FN2O2S.